The lowest BCUT2D eigenvalue weighted by Crippen LogP contribution is -2.29. The summed E-state index contributed by atoms with van der Waals surface area (Å²) < 4.78 is 5.70. The molecule has 0 aliphatic carbocycles. The zero-order chi connectivity index (χ0) is 16.2. The number of nitrogen functional groups attached to an aromatic ring is 1. The Hall–Kier alpha value is -2.50. The Morgan fingerprint density at radius 3 is 3.04 bits per heavy atom. The van der Waals surface area contributed by atoms with Crippen LogP contribution in [0.1, 0.15) is 30.0 Å². The van der Waals surface area contributed by atoms with Crippen molar-refractivity contribution < 1.29 is 9.53 Å². The lowest BCUT2D eigenvalue weighted by molar-refractivity contribution is -0.130. The number of carbonyl (C=O) groups excluding carboxylic acids is 1. The Kier molecular flexibility index (Phi) is 4.50. The maximum absolute atomic E-state index is 12.3. The van der Waals surface area contributed by atoms with Gasteiger partial charge in [-0.3, -0.25) is 9.89 Å². The molecule has 1 saturated heterocycles. The number of nitrogens with zero attached hydrogens (tertiary/aromatic N) is 2. The maximum Gasteiger partial charge on any atom is 0.226 e. The molecule has 1 aliphatic heterocycles. The van der Waals surface area contributed by atoms with Gasteiger partial charge in [0.05, 0.1) is 30.6 Å². The number of nitrogens with one attached hydrogen (secondary N) is 1. The van der Waals surface area contributed by atoms with Gasteiger partial charge in [0, 0.05) is 19.0 Å². The highest BCUT2D eigenvalue weighted by atomic mass is 16.5. The molecular weight excluding hydrogens is 292 g/mol. The van der Waals surface area contributed by atoms with Crippen LogP contribution in [0, 0.1) is 6.92 Å². The van der Waals surface area contributed by atoms with Gasteiger partial charge in [-0.1, -0.05) is 18.2 Å². The van der Waals surface area contributed by atoms with Gasteiger partial charge in [0.2, 0.25) is 5.91 Å². The zero-order valence-electron chi connectivity index (χ0n) is 13.3. The van der Waals surface area contributed by atoms with Crippen LogP contribution in [0.15, 0.2) is 30.5 Å². The summed E-state index contributed by atoms with van der Waals surface area (Å²) in [6.07, 6.45) is 2.92. The number of nitrogens with two attached hydrogens (primary N) is 1. The van der Waals surface area contributed by atoms with Crippen molar-refractivity contribution in [3.63, 3.8) is 0 Å². The van der Waals surface area contributed by atoms with Crippen molar-refractivity contribution in [1.29, 1.82) is 0 Å². The Labute approximate surface area is 135 Å². The minimum Gasteiger partial charge on any atom is -0.493 e. The third kappa shape index (κ3) is 3.47. The molecule has 6 heteroatoms. The van der Waals surface area contributed by atoms with E-state index in [0.717, 1.165) is 30.0 Å². The van der Waals surface area contributed by atoms with E-state index in [0.29, 0.717) is 25.3 Å². The number of aryl methyl sites for hydroxylation is 1. The molecule has 1 atom stereocenters. The van der Waals surface area contributed by atoms with Crippen molar-refractivity contribution in [2.24, 2.45) is 0 Å². The van der Waals surface area contributed by atoms with Crippen LogP contribution in [0.4, 0.5) is 5.69 Å². The van der Waals surface area contributed by atoms with Crippen molar-refractivity contribution in [2.45, 2.75) is 25.7 Å². The van der Waals surface area contributed by atoms with Gasteiger partial charge in [-0.2, -0.15) is 5.10 Å². The summed E-state index contributed by atoms with van der Waals surface area (Å²) in [5.41, 5.74) is 8.58. The molecule has 0 bridgehead atoms. The minimum absolute atomic E-state index is 0.124. The first-order valence-corrected chi connectivity index (χ1v) is 7.90. The van der Waals surface area contributed by atoms with Gasteiger partial charge in [-0.15, -0.1) is 0 Å². The third-order valence-electron chi connectivity index (χ3n) is 4.32. The summed E-state index contributed by atoms with van der Waals surface area (Å²) in [4.78, 5) is 14.2. The van der Waals surface area contributed by atoms with Crippen LogP contribution in [0.5, 0.6) is 5.75 Å². The van der Waals surface area contributed by atoms with Gasteiger partial charge in [0.15, 0.2) is 0 Å². The standard InChI is InChI=1S/C17H22N4O2/c1-12-4-2-3-5-15(12)23-9-7-16(22)21-8-6-13(11-21)17-14(18)10-19-20-17/h2-5,10,13H,6-9,11,18H2,1H3,(H,19,20). The van der Waals surface area contributed by atoms with Crippen LogP contribution in [0.2, 0.25) is 0 Å². The molecule has 1 fully saturated rings. The largest absolute Gasteiger partial charge is 0.493 e. The van der Waals surface area contributed by atoms with Crippen LogP contribution < -0.4 is 10.5 Å². The van der Waals surface area contributed by atoms with Crippen LogP contribution in [-0.2, 0) is 4.79 Å². The summed E-state index contributed by atoms with van der Waals surface area (Å²) in [6.45, 7) is 3.84. The molecule has 3 rings (SSSR count). The van der Waals surface area contributed by atoms with Crippen LogP contribution in [-0.4, -0.2) is 40.7 Å². The summed E-state index contributed by atoms with van der Waals surface area (Å²) in [5.74, 6) is 1.21. The Morgan fingerprint density at radius 1 is 1.48 bits per heavy atom. The Balaban J connectivity index is 1.48. The number of aromatic nitrogens is 2. The van der Waals surface area contributed by atoms with Gasteiger partial charge in [0.1, 0.15) is 5.75 Å². The fourth-order valence-electron chi connectivity index (χ4n) is 2.98. The summed E-state index contributed by atoms with van der Waals surface area (Å²) in [7, 11) is 0. The van der Waals surface area contributed by atoms with E-state index in [1.807, 2.05) is 36.1 Å². The van der Waals surface area contributed by atoms with E-state index in [1.165, 1.54) is 0 Å². The quantitative estimate of drug-likeness (QED) is 0.885. The second-order valence-electron chi connectivity index (χ2n) is 5.93. The minimum atomic E-state index is 0.124. The number of rotatable bonds is 5. The first-order chi connectivity index (χ1) is 11.1. The average Bonchev–Trinajstić information content (AvgIpc) is 3.17. The number of carbonyl (C=O) groups is 1. The van der Waals surface area contributed by atoms with E-state index in [9.17, 15) is 4.79 Å². The molecule has 0 saturated carbocycles. The van der Waals surface area contributed by atoms with E-state index < -0.39 is 0 Å². The number of likely N-dealkylation sites (tertiary alicyclic amines) is 1. The van der Waals surface area contributed by atoms with E-state index in [4.69, 9.17) is 10.5 Å². The number of amides is 1. The smallest absolute Gasteiger partial charge is 0.226 e. The van der Waals surface area contributed by atoms with Crippen molar-refractivity contribution >= 4 is 11.6 Å². The highest BCUT2D eigenvalue weighted by molar-refractivity contribution is 5.76. The molecule has 0 radical (unpaired) electrons. The molecule has 0 spiro atoms. The van der Waals surface area contributed by atoms with E-state index in [2.05, 4.69) is 10.2 Å². The first kappa shape index (κ1) is 15.4. The molecule has 1 unspecified atom stereocenters. The van der Waals surface area contributed by atoms with E-state index in [1.54, 1.807) is 6.20 Å². The van der Waals surface area contributed by atoms with Gasteiger partial charge in [0.25, 0.3) is 0 Å². The molecule has 1 aliphatic rings. The number of anilines is 1. The van der Waals surface area contributed by atoms with E-state index >= 15 is 0 Å². The van der Waals surface area contributed by atoms with Crippen LogP contribution in [0.25, 0.3) is 0 Å². The van der Waals surface area contributed by atoms with E-state index in [-0.39, 0.29) is 11.8 Å². The SMILES string of the molecule is Cc1ccccc1OCCC(=O)N1CCC(c2[nH]ncc2N)C1. The summed E-state index contributed by atoms with van der Waals surface area (Å²) >= 11 is 0. The molecule has 1 amide bonds. The zero-order valence-corrected chi connectivity index (χ0v) is 13.3. The molecule has 1 aromatic carbocycles. The molecule has 23 heavy (non-hydrogen) atoms. The molecule has 6 nitrogen and oxygen atoms in total. The predicted molar refractivity (Wildman–Crippen MR) is 88.2 cm³/mol. The van der Waals surface area contributed by atoms with Crippen LogP contribution in [0.3, 0.4) is 0 Å². The number of benzene rings is 1. The second kappa shape index (κ2) is 6.73. The fraction of sp³-hybridized carbons (Fsp3) is 0.412. The second-order valence-corrected chi connectivity index (χ2v) is 5.93. The van der Waals surface area contributed by atoms with Gasteiger partial charge >= 0.3 is 0 Å². The molecular formula is C17H22N4O2. The highest BCUT2D eigenvalue weighted by Crippen LogP contribution is 2.29. The number of H-pyrrole nitrogens is 1. The fourth-order valence-corrected chi connectivity index (χ4v) is 2.98. The molecule has 2 aromatic rings. The molecule has 122 valence electrons. The number of hydrogen-bond acceptors (Lipinski definition) is 4. The van der Waals surface area contributed by atoms with Crippen molar-refractivity contribution in [1.82, 2.24) is 15.1 Å². The lowest BCUT2D eigenvalue weighted by atomic mass is 10.0. The normalized spacial score (nSPS) is 17.4. The Bertz CT molecular complexity index is 683. The number of para-hydroxylation sites is 1. The van der Waals surface area contributed by atoms with Crippen molar-refractivity contribution in [3.05, 3.63) is 41.7 Å². The molecule has 2 heterocycles. The lowest BCUT2D eigenvalue weighted by Gasteiger charge is -2.17. The summed E-state index contributed by atoms with van der Waals surface area (Å²) in [5, 5.41) is 6.89. The maximum atomic E-state index is 12.3. The Morgan fingerprint density at radius 2 is 2.30 bits per heavy atom. The van der Waals surface area contributed by atoms with Gasteiger partial charge in [-0.05, 0) is 25.0 Å². The monoisotopic (exact) mass is 314 g/mol. The number of hydrogen-bond donors (Lipinski definition) is 2. The van der Waals surface area contributed by atoms with Crippen molar-refractivity contribution in [2.75, 3.05) is 25.4 Å². The summed E-state index contributed by atoms with van der Waals surface area (Å²) in [6, 6.07) is 7.83. The number of aromatic amines is 1. The average molecular weight is 314 g/mol. The third-order valence-corrected chi connectivity index (χ3v) is 4.32. The molecule has 1 aromatic heterocycles. The number of ether oxygens (including phenoxy) is 1. The topological polar surface area (TPSA) is 84.2 Å². The van der Waals surface area contributed by atoms with Crippen LogP contribution >= 0.6 is 0 Å². The van der Waals surface area contributed by atoms with Crippen molar-refractivity contribution in [3.8, 4) is 5.75 Å². The van der Waals surface area contributed by atoms with Gasteiger partial charge in [-0.25, -0.2) is 0 Å². The predicted octanol–water partition coefficient (Wildman–Crippen LogP) is 2.09. The molecule has 3 N–H and O–H groups in total. The first-order valence-electron chi connectivity index (χ1n) is 7.90. The van der Waals surface area contributed by atoms with Gasteiger partial charge < -0.3 is 15.4 Å². The highest BCUT2D eigenvalue weighted by Gasteiger charge is 2.29.